The number of fused-ring (bicyclic) bond motifs is 9. The first-order chi connectivity index (χ1) is 14.5. The average Bonchev–Trinajstić information content (AvgIpc) is 3.52. The van der Waals surface area contributed by atoms with Gasteiger partial charge in [0.15, 0.2) is 3.95 Å². The minimum atomic E-state index is -0.570. The number of carbonyl (C=O) groups is 3. The highest BCUT2D eigenvalue weighted by Gasteiger charge is 2.69. The number of hydrogen-bond acceptors (Lipinski definition) is 8. The van der Waals surface area contributed by atoms with E-state index in [1.807, 2.05) is 12.1 Å². The Morgan fingerprint density at radius 2 is 2.10 bits per heavy atom. The second-order valence-corrected chi connectivity index (χ2v) is 11.2. The van der Waals surface area contributed by atoms with Crippen LogP contribution in [0.5, 0.6) is 0 Å². The van der Waals surface area contributed by atoms with Crippen LogP contribution in [0.1, 0.15) is 23.0 Å². The Kier molecular flexibility index (Phi) is 4.11. The molecule has 7 atom stereocenters. The van der Waals surface area contributed by atoms with Gasteiger partial charge in [0.25, 0.3) is 0 Å². The average molecular weight is 463 g/mol. The number of imide groups is 1. The number of nitrogens with one attached hydrogen (secondary N) is 1. The highest BCUT2D eigenvalue weighted by atomic mass is 32.2. The van der Waals surface area contributed by atoms with E-state index in [0.29, 0.717) is 0 Å². The van der Waals surface area contributed by atoms with Gasteiger partial charge in [0.05, 0.1) is 36.2 Å². The summed E-state index contributed by atoms with van der Waals surface area (Å²) < 4.78 is 11.2. The molecule has 1 saturated heterocycles. The summed E-state index contributed by atoms with van der Waals surface area (Å²) in [5.74, 6) is -0.456. The number of hydrogen-bond donors (Lipinski definition) is 1. The third kappa shape index (κ3) is 2.38. The van der Waals surface area contributed by atoms with E-state index in [-0.39, 0.29) is 59.1 Å². The quantitative estimate of drug-likeness (QED) is 0.426. The zero-order chi connectivity index (χ0) is 20.7. The molecule has 2 aromatic rings. The maximum Gasteiger partial charge on any atom is 0.325 e. The van der Waals surface area contributed by atoms with Gasteiger partial charge in [-0.3, -0.25) is 19.3 Å². The summed E-state index contributed by atoms with van der Waals surface area (Å²) >= 11 is 8.74. The fraction of sp³-hybridized carbons (Fsp3) is 0.500. The van der Waals surface area contributed by atoms with Crippen molar-refractivity contribution >= 4 is 53.1 Å². The van der Waals surface area contributed by atoms with E-state index < -0.39 is 5.97 Å². The summed E-state index contributed by atoms with van der Waals surface area (Å²) in [6, 6.07) is 3.87. The Bertz CT molecular complexity index is 1120. The Balaban J connectivity index is 1.42. The maximum atomic E-state index is 13.2. The van der Waals surface area contributed by atoms with Crippen LogP contribution in [-0.2, 0) is 19.1 Å². The highest BCUT2D eigenvalue weighted by Crippen LogP contribution is 2.68. The molecule has 7 nitrogen and oxygen atoms in total. The summed E-state index contributed by atoms with van der Waals surface area (Å²) in [7, 11) is 1.26. The van der Waals surface area contributed by atoms with E-state index in [4.69, 9.17) is 16.6 Å². The monoisotopic (exact) mass is 462 g/mol. The van der Waals surface area contributed by atoms with Crippen molar-refractivity contribution in [1.29, 1.82) is 0 Å². The first-order valence-electron chi connectivity index (χ1n) is 9.84. The zero-order valence-corrected chi connectivity index (χ0v) is 18.4. The Morgan fingerprint density at radius 1 is 1.33 bits per heavy atom. The number of ether oxygens (including phenoxy) is 1. The molecule has 0 aromatic carbocycles. The number of H-pyrrole nitrogens is 1. The van der Waals surface area contributed by atoms with Crippen molar-refractivity contribution in [2.45, 2.75) is 22.6 Å². The van der Waals surface area contributed by atoms with Crippen molar-refractivity contribution in [1.82, 2.24) is 9.88 Å². The molecular formula is C20H18N2O5S3. The van der Waals surface area contributed by atoms with Gasteiger partial charge in [-0.2, -0.15) is 0 Å². The van der Waals surface area contributed by atoms with Crippen LogP contribution in [0.2, 0.25) is 0 Å². The number of thiazole rings is 1. The second kappa shape index (κ2) is 6.54. The number of aromatic amines is 1. The topological polar surface area (TPSA) is 92.6 Å². The predicted octanol–water partition coefficient (Wildman–Crippen LogP) is 3.04. The van der Waals surface area contributed by atoms with Crippen molar-refractivity contribution in [2.75, 3.05) is 13.7 Å². The SMILES string of the molecule is COC(=O)CN1C(=O)C2C3CC(C2C1=O)C1C(c2ccco2)c2sc(=S)[nH]c2SC31. The predicted molar refractivity (Wildman–Crippen MR) is 111 cm³/mol. The van der Waals surface area contributed by atoms with Crippen molar-refractivity contribution in [3.8, 4) is 0 Å². The Morgan fingerprint density at radius 3 is 2.80 bits per heavy atom. The molecule has 4 aliphatic rings. The minimum absolute atomic E-state index is 0.0210. The van der Waals surface area contributed by atoms with Crippen molar-refractivity contribution in [2.24, 2.45) is 29.6 Å². The fourth-order valence-corrected chi connectivity index (χ4v) is 9.53. The number of likely N-dealkylation sites (tertiary alicyclic amines) is 1. The second-order valence-electron chi connectivity index (χ2n) is 8.31. The number of carbonyl (C=O) groups excluding carboxylic acids is 3. The van der Waals surface area contributed by atoms with Crippen LogP contribution in [0.3, 0.4) is 0 Å². The number of nitrogens with zero attached hydrogens (tertiary/aromatic N) is 1. The molecule has 2 amide bonds. The molecule has 2 aromatic heterocycles. The van der Waals surface area contributed by atoms with Gasteiger partial charge < -0.3 is 14.1 Å². The van der Waals surface area contributed by atoms with Crippen LogP contribution >= 0.6 is 35.3 Å². The van der Waals surface area contributed by atoms with Crippen LogP contribution in [0.15, 0.2) is 27.8 Å². The molecule has 0 radical (unpaired) electrons. The van der Waals surface area contributed by atoms with Crippen LogP contribution in [0.4, 0.5) is 0 Å². The van der Waals surface area contributed by atoms with Crippen LogP contribution in [0.25, 0.3) is 0 Å². The number of rotatable bonds is 3. The molecule has 2 saturated carbocycles. The van der Waals surface area contributed by atoms with Crippen molar-refractivity contribution in [3.63, 3.8) is 0 Å². The molecule has 1 N–H and O–H groups in total. The van der Waals surface area contributed by atoms with Crippen LogP contribution in [-0.4, -0.2) is 46.6 Å². The molecule has 10 heteroatoms. The molecule has 156 valence electrons. The van der Waals surface area contributed by atoms with Crippen LogP contribution in [0, 0.1) is 33.5 Å². The van der Waals surface area contributed by atoms with Crippen LogP contribution < -0.4 is 0 Å². The molecule has 2 aliphatic heterocycles. The van der Waals surface area contributed by atoms with E-state index in [1.54, 1.807) is 29.4 Å². The molecule has 7 unspecified atom stereocenters. The summed E-state index contributed by atoms with van der Waals surface area (Å²) in [5, 5.41) is 1.26. The highest BCUT2D eigenvalue weighted by molar-refractivity contribution is 8.00. The minimum Gasteiger partial charge on any atom is -0.469 e. The Hall–Kier alpha value is -1.91. The van der Waals surface area contributed by atoms with Gasteiger partial charge >= 0.3 is 5.97 Å². The molecular weight excluding hydrogens is 444 g/mol. The van der Waals surface area contributed by atoms with E-state index in [9.17, 15) is 14.4 Å². The molecule has 30 heavy (non-hydrogen) atoms. The summed E-state index contributed by atoms with van der Waals surface area (Å²) in [5.41, 5.74) is 0. The van der Waals surface area contributed by atoms with E-state index in [2.05, 4.69) is 9.72 Å². The first kappa shape index (κ1) is 18.8. The molecule has 3 fully saturated rings. The van der Waals surface area contributed by atoms with Gasteiger partial charge in [-0.15, -0.1) is 23.1 Å². The number of methoxy groups -OCH3 is 1. The lowest BCUT2D eigenvalue weighted by Crippen LogP contribution is -2.42. The Labute approximate surface area is 185 Å². The van der Waals surface area contributed by atoms with E-state index >= 15 is 0 Å². The lowest BCUT2D eigenvalue weighted by atomic mass is 9.69. The molecule has 2 bridgehead atoms. The van der Waals surface area contributed by atoms with Gasteiger partial charge in [-0.1, -0.05) is 0 Å². The number of amides is 2. The van der Waals surface area contributed by atoms with Gasteiger partial charge in [-0.25, -0.2) is 0 Å². The smallest absolute Gasteiger partial charge is 0.325 e. The number of thioether (sulfide) groups is 1. The molecule has 2 aliphatic carbocycles. The number of esters is 1. The van der Waals surface area contributed by atoms with Gasteiger partial charge in [0.1, 0.15) is 12.3 Å². The lowest BCUT2D eigenvalue weighted by Gasteiger charge is -2.42. The van der Waals surface area contributed by atoms with Gasteiger partial charge in [-0.05, 0) is 48.5 Å². The molecule has 4 heterocycles. The molecule has 6 rings (SSSR count). The molecule has 0 spiro atoms. The van der Waals surface area contributed by atoms with Gasteiger partial charge in [0, 0.05) is 10.1 Å². The third-order valence-electron chi connectivity index (χ3n) is 7.18. The largest absolute Gasteiger partial charge is 0.469 e. The third-order valence-corrected chi connectivity index (χ3v) is 10.1. The van der Waals surface area contributed by atoms with Gasteiger partial charge in [0.2, 0.25) is 11.8 Å². The number of furan rings is 1. The zero-order valence-electron chi connectivity index (χ0n) is 15.9. The normalized spacial score (nSPS) is 36.0. The lowest BCUT2D eigenvalue weighted by molar-refractivity contribution is -0.151. The summed E-state index contributed by atoms with van der Waals surface area (Å²) in [6.45, 7) is -0.300. The standard InChI is InChI=1S/C20H18N2O5S3/c1-26-10(23)6-22-18(24)12-7-5-8(13(12)19(22)25)15-11(7)14(9-3-2-4-27-9)16-17(29-15)21-20(28)30-16/h2-4,7-8,11-15H,5-6H2,1H3,(H,21,28). The van der Waals surface area contributed by atoms with E-state index in [1.165, 1.54) is 7.11 Å². The number of aromatic nitrogens is 1. The van der Waals surface area contributed by atoms with E-state index in [0.717, 1.165) is 30.9 Å². The van der Waals surface area contributed by atoms with Crippen molar-refractivity contribution in [3.05, 3.63) is 33.0 Å². The first-order valence-corrected chi connectivity index (χ1v) is 11.9. The van der Waals surface area contributed by atoms with Crippen molar-refractivity contribution < 1.29 is 23.5 Å². The maximum absolute atomic E-state index is 13.2. The summed E-state index contributed by atoms with van der Waals surface area (Å²) in [4.78, 5) is 43.7. The summed E-state index contributed by atoms with van der Waals surface area (Å²) in [6.07, 6.45) is 2.53. The fourth-order valence-electron chi connectivity index (χ4n) is 6.21.